The molecule has 0 spiro atoms. The number of hydrogen-bond donors (Lipinski definition) is 1. The molecule has 3 rings (SSSR count). The van der Waals surface area contributed by atoms with Crippen molar-refractivity contribution in [2.75, 3.05) is 32.7 Å². The van der Waals surface area contributed by atoms with Crippen LogP contribution in [-0.2, 0) is 11.3 Å². The van der Waals surface area contributed by atoms with Crippen molar-refractivity contribution in [2.45, 2.75) is 44.7 Å². The Hall–Kier alpha value is -1.39. The third-order valence-corrected chi connectivity index (χ3v) is 5.10. The molecule has 0 aromatic heterocycles. The van der Waals surface area contributed by atoms with Gasteiger partial charge in [-0.15, -0.1) is 0 Å². The number of amides is 1. The Kier molecular flexibility index (Phi) is 6.06. The van der Waals surface area contributed by atoms with Crippen molar-refractivity contribution in [1.29, 1.82) is 0 Å². The van der Waals surface area contributed by atoms with Crippen LogP contribution in [0.4, 0.5) is 0 Å². The fraction of sp³-hybridized carbons (Fsp3) is 0.632. The first-order chi connectivity index (χ1) is 11.3. The summed E-state index contributed by atoms with van der Waals surface area (Å²) in [4.78, 5) is 17.2. The van der Waals surface area contributed by atoms with Crippen molar-refractivity contribution in [3.63, 3.8) is 0 Å². The molecule has 23 heavy (non-hydrogen) atoms. The first-order valence-corrected chi connectivity index (χ1v) is 9.08. The van der Waals surface area contributed by atoms with Crippen molar-refractivity contribution in [3.8, 4) is 0 Å². The Labute approximate surface area is 139 Å². The predicted molar refractivity (Wildman–Crippen MR) is 93.2 cm³/mol. The number of nitrogens with zero attached hydrogens (tertiary/aromatic N) is 2. The van der Waals surface area contributed by atoms with Crippen LogP contribution in [0.3, 0.4) is 0 Å². The van der Waals surface area contributed by atoms with Crippen LogP contribution in [0.1, 0.15) is 37.7 Å². The van der Waals surface area contributed by atoms with Crippen LogP contribution in [0.25, 0.3) is 0 Å². The zero-order chi connectivity index (χ0) is 15.9. The fourth-order valence-electron chi connectivity index (χ4n) is 3.79. The average molecular weight is 315 g/mol. The smallest absolute Gasteiger partial charge is 0.234 e. The molecular weight excluding hydrogens is 286 g/mol. The predicted octanol–water partition coefficient (Wildman–Crippen LogP) is 2.25. The average Bonchev–Trinajstić information content (AvgIpc) is 3.02. The largest absolute Gasteiger partial charge is 0.351 e. The van der Waals surface area contributed by atoms with E-state index >= 15 is 0 Å². The van der Waals surface area contributed by atoms with Gasteiger partial charge in [-0.3, -0.25) is 9.69 Å². The van der Waals surface area contributed by atoms with Gasteiger partial charge in [0.25, 0.3) is 0 Å². The van der Waals surface area contributed by atoms with Gasteiger partial charge in [-0.05, 0) is 50.9 Å². The van der Waals surface area contributed by atoms with E-state index in [0.29, 0.717) is 19.1 Å². The first-order valence-electron chi connectivity index (χ1n) is 9.08. The Morgan fingerprint density at radius 1 is 1.04 bits per heavy atom. The summed E-state index contributed by atoms with van der Waals surface area (Å²) in [5.41, 5.74) is 1.16. The summed E-state index contributed by atoms with van der Waals surface area (Å²) in [7, 11) is 0. The molecule has 126 valence electrons. The zero-order valence-electron chi connectivity index (χ0n) is 14.0. The molecule has 4 heteroatoms. The summed E-state index contributed by atoms with van der Waals surface area (Å²) in [5, 5.41) is 3.06. The normalized spacial score (nSPS) is 23.0. The van der Waals surface area contributed by atoms with Gasteiger partial charge >= 0.3 is 0 Å². The Morgan fingerprint density at radius 2 is 1.83 bits per heavy atom. The van der Waals surface area contributed by atoms with E-state index in [1.165, 1.54) is 45.2 Å². The maximum absolute atomic E-state index is 12.2. The summed E-state index contributed by atoms with van der Waals surface area (Å²) in [6.07, 6.45) is 6.52. The quantitative estimate of drug-likeness (QED) is 0.874. The van der Waals surface area contributed by atoms with Gasteiger partial charge in [0.2, 0.25) is 5.91 Å². The number of carbonyl (C=O) groups is 1. The van der Waals surface area contributed by atoms with Gasteiger partial charge in [-0.2, -0.15) is 0 Å². The first kappa shape index (κ1) is 16.5. The standard InChI is InChI=1S/C19H29N3O/c23-19(20-14-17-8-3-1-4-9-17)16-22-13-7-10-18(22)15-21-11-5-2-6-12-21/h1,3-4,8-9,18H,2,5-7,10-16H2,(H,20,23)/t18-/m0/s1. The lowest BCUT2D eigenvalue weighted by Gasteiger charge is -2.32. The van der Waals surface area contributed by atoms with E-state index in [1.807, 2.05) is 18.2 Å². The number of nitrogens with one attached hydrogen (secondary N) is 1. The molecule has 0 saturated carbocycles. The molecule has 2 aliphatic rings. The number of rotatable bonds is 6. The van der Waals surface area contributed by atoms with Crippen molar-refractivity contribution >= 4 is 5.91 Å². The van der Waals surface area contributed by atoms with Gasteiger partial charge in [0, 0.05) is 19.1 Å². The molecule has 1 aromatic carbocycles. The maximum Gasteiger partial charge on any atom is 0.234 e. The van der Waals surface area contributed by atoms with Crippen LogP contribution in [-0.4, -0.2) is 54.5 Å². The van der Waals surface area contributed by atoms with Crippen LogP contribution in [0.5, 0.6) is 0 Å². The summed E-state index contributed by atoms with van der Waals surface area (Å²) >= 11 is 0. The molecule has 2 saturated heterocycles. The molecule has 0 radical (unpaired) electrons. The van der Waals surface area contributed by atoms with Crippen LogP contribution in [0.2, 0.25) is 0 Å². The lowest BCUT2D eigenvalue weighted by molar-refractivity contribution is -0.122. The highest BCUT2D eigenvalue weighted by Gasteiger charge is 2.28. The van der Waals surface area contributed by atoms with Gasteiger partial charge in [0.15, 0.2) is 0 Å². The molecule has 0 unspecified atom stereocenters. The van der Waals surface area contributed by atoms with Crippen LogP contribution in [0.15, 0.2) is 30.3 Å². The van der Waals surface area contributed by atoms with Crippen molar-refractivity contribution in [1.82, 2.24) is 15.1 Å². The Balaban J connectivity index is 1.43. The molecule has 0 aliphatic carbocycles. The molecule has 1 atom stereocenters. The highest BCUT2D eigenvalue weighted by molar-refractivity contribution is 5.78. The summed E-state index contributed by atoms with van der Waals surface area (Å²) in [6.45, 7) is 5.87. The molecular formula is C19H29N3O. The van der Waals surface area contributed by atoms with Crippen LogP contribution >= 0.6 is 0 Å². The minimum atomic E-state index is 0.152. The highest BCUT2D eigenvalue weighted by atomic mass is 16.2. The maximum atomic E-state index is 12.2. The molecule has 1 amide bonds. The summed E-state index contributed by atoms with van der Waals surface area (Å²) in [6, 6.07) is 10.7. The second-order valence-corrected chi connectivity index (χ2v) is 6.89. The number of piperidine rings is 1. The lowest BCUT2D eigenvalue weighted by Crippen LogP contribution is -2.45. The molecule has 2 fully saturated rings. The molecule has 4 nitrogen and oxygen atoms in total. The van der Waals surface area contributed by atoms with E-state index < -0.39 is 0 Å². The van der Waals surface area contributed by atoms with E-state index in [0.717, 1.165) is 18.7 Å². The Bertz CT molecular complexity index is 485. The van der Waals surface area contributed by atoms with E-state index in [9.17, 15) is 4.79 Å². The number of carbonyl (C=O) groups excluding carboxylic acids is 1. The zero-order valence-corrected chi connectivity index (χ0v) is 14.0. The third kappa shape index (κ3) is 5.05. The summed E-state index contributed by atoms with van der Waals surface area (Å²) in [5.74, 6) is 0.152. The molecule has 2 aliphatic heterocycles. The van der Waals surface area contributed by atoms with E-state index in [2.05, 4.69) is 27.2 Å². The van der Waals surface area contributed by atoms with E-state index in [4.69, 9.17) is 0 Å². The van der Waals surface area contributed by atoms with Crippen LogP contribution in [0, 0.1) is 0 Å². The number of likely N-dealkylation sites (tertiary alicyclic amines) is 2. The second kappa shape index (κ2) is 8.46. The van der Waals surface area contributed by atoms with Gasteiger partial charge in [0.1, 0.15) is 0 Å². The molecule has 1 aromatic rings. The second-order valence-electron chi connectivity index (χ2n) is 6.89. The van der Waals surface area contributed by atoms with Gasteiger partial charge in [-0.25, -0.2) is 0 Å². The topological polar surface area (TPSA) is 35.6 Å². The van der Waals surface area contributed by atoms with E-state index in [1.54, 1.807) is 0 Å². The minimum absolute atomic E-state index is 0.152. The van der Waals surface area contributed by atoms with Crippen LogP contribution < -0.4 is 5.32 Å². The van der Waals surface area contributed by atoms with Gasteiger partial charge in [-0.1, -0.05) is 36.8 Å². The number of benzene rings is 1. The lowest BCUT2D eigenvalue weighted by atomic mass is 10.1. The van der Waals surface area contributed by atoms with E-state index in [-0.39, 0.29) is 5.91 Å². The SMILES string of the molecule is O=C(CN1CCC[C@H]1CN1CCCCC1)NCc1ccccc1. The molecule has 2 heterocycles. The number of hydrogen-bond acceptors (Lipinski definition) is 3. The monoisotopic (exact) mass is 315 g/mol. The molecule has 1 N–H and O–H groups in total. The summed E-state index contributed by atoms with van der Waals surface area (Å²) < 4.78 is 0. The van der Waals surface area contributed by atoms with Crippen molar-refractivity contribution < 1.29 is 4.79 Å². The third-order valence-electron chi connectivity index (χ3n) is 5.10. The Morgan fingerprint density at radius 3 is 2.61 bits per heavy atom. The highest BCUT2D eigenvalue weighted by Crippen LogP contribution is 2.19. The molecule has 0 bridgehead atoms. The minimum Gasteiger partial charge on any atom is -0.351 e. The fourth-order valence-corrected chi connectivity index (χ4v) is 3.79. The van der Waals surface area contributed by atoms with Gasteiger partial charge < -0.3 is 10.2 Å². The van der Waals surface area contributed by atoms with Gasteiger partial charge in [0.05, 0.1) is 6.54 Å². The van der Waals surface area contributed by atoms with Crippen molar-refractivity contribution in [2.24, 2.45) is 0 Å². The van der Waals surface area contributed by atoms with Crippen molar-refractivity contribution in [3.05, 3.63) is 35.9 Å².